The Morgan fingerprint density at radius 3 is 2.47 bits per heavy atom. The predicted octanol–water partition coefficient (Wildman–Crippen LogP) is 3.60. The molecule has 2 nitrogen and oxygen atoms in total. The zero-order chi connectivity index (χ0) is 10.8. The van der Waals surface area contributed by atoms with Crippen LogP contribution in [0.15, 0.2) is 35.1 Å². The van der Waals surface area contributed by atoms with Gasteiger partial charge >= 0.3 is 0 Å². The SMILES string of the molecule is CC(C)c1ncoc1-c1ccc(F)cc1. The van der Waals surface area contributed by atoms with Crippen molar-refractivity contribution in [3.8, 4) is 11.3 Å². The van der Waals surface area contributed by atoms with Crippen LogP contribution in [0.25, 0.3) is 11.3 Å². The van der Waals surface area contributed by atoms with Gasteiger partial charge in [-0.15, -0.1) is 0 Å². The number of hydrogen-bond acceptors (Lipinski definition) is 2. The molecule has 2 rings (SSSR count). The van der Waals surface area contributed by atoms with Crippen molar-refractivity contribution in [1.29, 1.82) is 0 Å². The van der Waals surface area contributed by atoms with Crippen molar-refractivity contribution in [2.45, 2.75) is 19.8 Å². The molecule has 0 aliphatic heterocycles. The summed E-state index contributed by atoms with van der Waals surface area (Å²) in [7, 11) is 0. The van der Waals surface area contributed by atoms with Crippen molar-refractivity contribution in [3.05, 3.63) is 42.2 Å². The van der Waals surface area contributed by atoms with Crippen LogP contribution in [0.2, 0.25) is 0 Å². The summed E-state index contributed by atoms with van der Waals surface area (Å²) >= 11 is 0. The predicted molar refractivity (Wildman–Crippen MR) is 56.0 cm³/mol. The lowest BCUT2D eigenvalue weighted by Gasteiger charge is -2.03. The third-order valence-corrected chi connectivity index (χ3v) is 2.25. The standard InChI is InChI=1S/C12H12FNO/c1-8(2)11-12(15-7-14-11)9-3-5-10(13)6-4-9/h3-8H,1-2H3. The third kappa shape index (κ3) is 1.91. The molecular formula is C12H12FNO. The Bertz CT molecular complexity index is 445. The minimum absolute atomic E-state index is 0.246. The molecule has 78 valence electrons. The van der Waals surface area contributed by atoms with Crippen LogP contribution in [-0.2, 0) is 0 Å². The van der Waals surface area contributed by atoms with Gasteiger partial charge in [-0.1, -0.05) is 13.8 Å². The Kier molecular flexibility index (Phi) is 2.54. The van der Waals surface area contributed by atoms with Crippen LogP contribution in [0.5, 0.6) is 0 Å². The number of oxazole rings is 1. The topological polar surface area (TPSA) is 26.0 Å². The number of benzene rings is 1. The number of nitrogens with zero attached hydrogens (tertiary/aromatic N) is 1. The summed E-state index contributed by atoms with van der Waals surface area (Å²) in [5.74, 6) is 0.776. The lowest BCUT2D eigenvalue weighted by Crippen LogP contribution is -1.90. The van der Waals surface area contributed by atoms with Crippen LogP contribution < -0.4 is 0 Å². The molecule has 0 unspecified atom stereocenters. The van der Waals surface area contributed by atoms with Crippen molar-refractivity contribution in [1.82, 2.24) is 4.98 Å². The quantitative estimate of drug-likeness (QED) is 0.748. The zero-order valence-electron chi connectivity index (χ0n) is 8.70. The van der Waals surface area contributed by atoms with E-state index >= 15 is 0 Å². The van der Waals surface area contributed by atoms with Crippen LogP contribution in [0, 0.1) is 5.82 Å². The second-order valence-electron chi connectivity index (χ2n) is 3.73. The lowest BCUT2D eigenvalue weighted by molar-refractivity contribution is 0.569. The van der Waals surface area contributed by atoms with E-state index in [1.54, 1.807) is 12.1 Å². The summed E-state index contributed by atoms with van der Waals surface area (Å²) in [6.45, 7) is 4.09. The smallest absolute Gasteiger partial charge is 0.181 e. The minimum Gasteiger partial charge on any atom is -0.443 e. The molecular weight excluding hydrogens is 193 g/mol. The first-order valence-corrected chi connectivity index (χ1v) is 4.88. The van der Waals surface area contributed by atoms with Gasteiger partial charge < -0.3 is 4.42 Å². The molecule has 0 spiro atoms. The molecule has 2 aromatic rings. The van der Waals surface area contributed by atoms with Crippen molar-refractivity contribution in [2.24, 2.45) is 0 Å². The number of halogens is 1. The zero-order valence-corrected chi connectivity index (χ0v) is 8.70. The maximum Gasteiger partial charge on any atom is 0.181 e. The van der Waals surface area contributed by atoms with Crippen molar-refractivity contribution in [2.75, 3.05) is 0 Å². The van der Waals surface area contributed by atoms with E-state index in [1.807, 2.05) is 13.8 Å². The van der Waals surface area contributed by atoms with E-state index in [-0.39, 0.29) is 5.82 Å². The first kappa shape index (κ1) is 9.90. The fourth-order valence-corrected chi connectivity index (χ4v) is 1.48. The molecule has 0 amide bonds. The van der Waals surface area contributed by atoms with E-state index in [4.69, 9.17) is 4.42 Å². The van der Waals surface area contributed by atoms with Gasteiger partial charge in [-0.2, -0.15) is 0 Å². The highest BCUT2D eigenvalue weighted by Crippen LogP contribution is 2.27. The average molecular weight is 205 g/mol. The maximum absolute atomic E-state index is 12.7. The highest BCUT2D eigenvalue weighted by atomic mass is 19.1. The average Bonchev–Trinajstić information content (AvgIpc) is 2.67. The van der Waals surface area contributed by atoms with Gasteiger partial charge in [0.25, 0.3) is 0 Å². The summed E-state index contributed by atoms with van der Waals surface area (Å²) in [5, 5.41) is 0. The van der Waals surface area contributed by atoms with E-state index in [0.717, 1.165) is 17.0 Å². The first-order chi connectivity index (χ1) is 7.18. The molecule has 1 aromatic heterocycles. The molecule has 1 heterocycles. The van der Waals surface area contributed by atoms with Crippen LogP contribution in [0.3, 0.4) is 0 Å². The molecule has 0 fully saturated rings. The Morgan fingerprint density at radius 2 is 1.87 bits per heavy atom. The molecule has 3 heteroatoms. The van der Waals surface area contributed by atoms with Gasteiger partial charge in [-0.05, 0) is 30.2 Å². The highest BCUT2D eigenvalue weighted by molar-refractivity contribution is 5.60. The highest BCUT2D eigenvalue weighted by Gasteiger charge is 2.13. The van der Waals surface area contributed by atoms with E-state index < -0.39 is 0 Å². The lowest BCUT2D eigenvalue weighted by atomic mass is 10.0. The van der Waals surface area contributed by atoms with Crippen LogP contribution in [0.4, 0.5) is 4.39 Å². The summed E-state index contributed by atoms with van der Waals surface area (Å²) in [5.41, 5.74) is 1.76. The molecule has 0 aliphatic carbocycles. The van der Waals surface area contributed by atoms with Gasteiger partial charge in [0.05, 0.1) is 5.69 Å². The van der Waals surface area contributed by atoms with Gasteiger partial charge in [-0.3, -0.25) is 0 Å². The first-order valence-electron chi connectivity index (χ1n) is 4.88. The fraction of sp³-hybridized carbons (Fsp3) is 0.250. The van der Waals surface area contributed by atoms with Gasteiger partial charge in [0.2, 0.25) is 0 Å². The summed E-state index contributed by atoms with van der Waals surface area (Å²) in [6.07, 6.45) is 1.42. The molecule has 0 saturated carbocycles. The largest absolute Gasteiger partial charge is 0.443 e. The fourth-order valence-electron chi connectivity index (χ4n) is 1.48. The van der Waals surface area contributed by atoms with E-state index in [1.165, 1.54) is 18.5 Å². The summed E-state index contributed by atoms with van der Waals surface area (Å²) < 4.78 is 18.1. The van der Waals surface area contributed by atoms with Gasteiger partial charge in [0.15, 0.2) is 12.2 Å². The van der Waals surface area contributed by atoms with Crippen LogP contribution in [-0.4, -0.2) is 4.98 Å². The second-order valence-corrected chi connectivity index (χ2v) is 3.73. The monoisotopic (exact) mass is 205 g/mol. The van der Waals surface area contributed by atoms with Gasteiger partial charge in [-0.25, -0.2) is 9.37 Å². The third-order valence-electron chi connectivity index (χ3n) is 2.25. The normalized spacial score (nSPS) is 10.9. The molecule has 1 aromatic carbocycles. The Morgan fingerprint density at radius 1 is 1.20 bits per heavy atom. The molecule has 15 heavy (non-hydrogen) atoms. The molecule has 0 aliphatic rings. The Hall–Kier alpha value is -1.64. The number of rotatable bonds is 2. The van der Waals surface area contributed by atoms with Crippen molar-refractivity contribution in [3.63, 3.8) is 0 Å². The van der Waals surface area contributed by atoms with Crippen molar-refractivity contribution < 1.29 is 8.81 Å². The second kappa shape index (κ2) is 3.85. The Balaban J connectivity index is 2.45. The molecule has 0 bridgehead atoms. The number of aromatic nitrogens is 1. The molecule has 0 radical (unpaired) electrons. The van der Waals surface area contributed by atoms with E-state index in [9.17, 15) is 4.39 Å². The van der Waals surface area contributed by atoms with Crippen molar-refractivity contribution >= 4 is 0 Å². The number of hydrogen-bond donors (Lipinski definition) is 0. The van der Waals surface area contributed by atoms with Gasteiger partial charge in [0.1, 0.15) is 5.82 Å². The summed E-state index contributed by atoms with van der Waals surface area (Å²) in [6, 6.07) is 6.23. The molecule has 0 saturated heterocycles. The molecule has 0 N–H and O–H groups in total. The molecule has 0 atom stereocenters. The minimum atomic E-state index is -0.246. The van der Waals surface area contributed by atoms with Crippen LogP contribution in [0.1, 0.15) is 25.5 Å². The van der Waals surface area contributed by atoms with Crippen LogP contribution >= 0.6 is 0 Å². The van der Waals surface area contributed by atoms with E-state index in [0.29, 0.717) is 5.92 Å². The maximum atomic E-state index is 12.7. The Labute approximate surface area is 87.8 Å². The van der Waals surface area contributed by atoms with Gasteiger partial charge in [0, 0.05) is 5.56 Å². The van der Waals surface area contributed by atoms with E-state index in [2.05, 4.69) is 4.98 Å². The summed E-state index contributed by atoms with van der Waals surface area (Å²) in [4.78, 5) is 4.15.